The summed E-state index contributed by atoms with van der Waals surface area (Å²) in [5.41, 5.74) is 3.82. The highest BCUT2D eigenvalue weighted by atomic mass is 79.9. The van der Waals surface area contributed by atoms with Crippen LogP contribution in [0.2, 0.25) is 0 Å². The van der Waals surface area contributed by atoms with Crippen LogP contribution >= 0.6 is 31.9 Å². The van der Waals surface area contributed by atoms with E-state index in [1.54, 1.807) is 12.4 Å². The molecular weight excluding hydrogens is 396 g/mol. The first-order valence-corrected chi connectivity index (χ1v) is 7.98. The number of nitrogens with zero attached hydrogens (tertiary/aromatic N) is 2. The van der Waals surface area contributed by atoms with Gasteiger partial charge in [0.1, 0.15) is 11.3 Å². The van der Waals surface area contributed by atoms with Gasteiger partial charge in [-0.2, -0.15) is 0 Å². The summed E-state index contributed by atoms with van der Waals surface area (Å²) in [6, 6.07) is 7.76. The van der Waals surface area contributed by atoms with E-state index in [1.807, 2.05) is 38.1 Å². The van der Waals surface area contributed by atoms with Gasteiger partial charge in [-0.3, -0.25) is 4.98 Å². The zero-order valence-corrected chi connectivity index (χ0v) is 14.7. The molecule has 0 aliphatic heterocycles. The maximum atomic E-state index is 6.01. The van der Waals surface area contributed by atoms with E-state index in [1.165, 1.54) is 0 Å². The number of halogens is 2. The minimum Gasteiger partial charge on any atom is -0.455 e. The molecule has 106 valence electrons. The molecule has 0 N–H and O–H groups in total. The molecule has 0 radical (unpaired) electrons. The second kappa shape index (κ2) is 5.73. The molecule has 0 fully saturated rings. The van der Waals surface area contributed by atoms with E-state index in [0.29, 0.717) is 5.75 Å². The molecular formula is C16H12Br2N2O. The Labute approximate surface area is 139 Å². The summed E-state index contributed by atoms with van der Waals surface area (Å²) in [5, 5.41) is 0. The number of benzene rings is 1. The van der Waals surface area contributed by atoms with E-state index in [2.05, 4.69) is 41.8 Å². The number of rotatable bonds is 2. The van der Waals surface area contributed by atoms with Gasteiger partial charge in [0.15, 0.2) is 5.75 Å². The smallest absolute Gasteiger partial charge is 0.156 e. The molecule has 0 aliphatic carbocycles. The lowest BCUT2D eigenvalue weighted by atomic mass is 10.1. The number of hydrogen-bond acceptors (Lipinski definition) is 3. The number of fused-ring (bicyclic) bond motifs is 1. The van der Waals surface area contributed by atoms with Crippen LogP contribution in [-0.2, 0) is 0 Å². The third kappa shape index (κ3) is 2.94. The van der Waals surface area contributed by atoms with E-state index in [-0.39, 0.29) is 0 Å². The first-order valence-electron chi connectivity index (χ1n) is 6.39. The average Bonchev–Trinajstić information content (AvgIpc) is 2.44. The molecule has 0 atom stereocenters. The van der Waals surface area contributed by atoms with Crippen molar-refractivity contribution < 1.29 is 4.74 Å². The lowest BCUT2D eigenvalue weighted by Crippen LogP contribution is -1.92. The number of ether oxygens (including phenoxy) is 1. The van der Waals surface area contributed by atoms with Crippen molar-refractivity contribution in [3.63, 3.8) is 0 Å². The average molecular weight is 408 g/mol. The Kier molecular flexibility index (Phi) is 3.95. The Bertz CT molecular complexity index is 811. The van der Waals surface area contributed by atoms with Gasteiger partial charge in [-0.1, -0.05) is 15.9 Å². The molecule has 1 aromatic carbocycles. The number of aromatic nitrogens is 2. The molecule has 0 spiro atoms. The summed E-state index contributed by atoms with van der Waals surface area (Å²) in [6.07, 6.45) is 3.47. The van der Waals surface area contributed by atoms with Gasteiger partial charge in [0, 0.05) is 27.4 Å². The lowest BCUT2D eigenvalue weighted by Gasteiger charge is -2.11. The van der Waals surface area contributed by atoms with Gasteiger partial charge in [0.25, 0.3) is 0 Å². The molecule has 21 heavy (non-hydrogen) atoms. The second-order valence-corrected chi connectivity index (χ2v) is 6.51. The summed E-state index contributed by atoms with van der Waals surface area (Å²) in [7, 11) is 0. The predicted octanol–water partition coefficient (Wildman–Crippen LogP) is 5.56. The maximum Gasteiger partial charge on any atom is 0.156 e. The van der Waals surface area contributed by atoms with Crippen LogP contribution in [-0.4, -0.2) is 9.97 Å². The Hall–Kier alpha value is -1.46. The van der Waals surface area contributed by atoms with Gasteiger partial charge in [-0.25, -0.2) is 4.98 Å². The molecule has 2 heterocycles. The number of aryl methyl sites for hydroxylation is 2. The molecule has 5 heteroatoms. The third-order valence-electron chi connectivity index (χ3n) is 3.14. The monoisotopic (exact) mass is 406 g/mol. The highest BCUT2D eigenvalue weighted by molar-refractivity contribution is 9.10. The molecule has 0 aliphatic rings. The first kappa shape index (κ1) is 14.5. The van der Waals surface area contributed by atoms with Crippen LogP contribution in [0.1, 0.15) is 11.1 Å². The highest BCUT2D eigenvalue weighted by Gasteiger charge is 2.08. The summed E-state index contributed by atoms with van der Waals surface area (Å²) in [6.45, 7) is 4.09. The van der Waals surface area contributed by atoms with Crippen LogP contribution in [0.25, 0.3) is 11.0 Å². The van der Waals surface area contributed by atoms with Crippen LogP contribution in [0.3, 0.4) is 0 Å². The Morgan fingerprint density at radius 3 is 2.43 bits per heavy atom. The van der Waals surface area contributed by atoms with Crippen molar-refractivity contribution in [1.82, 2.24) is 9.97 Å². The number of hydrogen-bond donors (Lipinski definition) is 0. The van der Waals surface area contributed by atoms with Gasteiger partial charge in [-0.05, 0) is 59.1 Å². The second-order valence-electron chi connectivity index (χ2n) is 4.80. The zero-order valence-electron chi connectivity index (χ0n) is 11.5. The van der Waals surface area contributed by atoms with E-state index >= 15 is 0 Å². The fourth-order valence-electron chi connectivity index (χ4n) is 2.16. The third-order valence-corrected chi connectivity index (χ3v) is 4.83. The quantitative estimate of drug-likeness (QED) is 0.557. The normalized spacial score (nSPS) is 10.9. The van der Waals surface area contributed by atoms with Gasteiger partial charge < -0.3 is 4.74 Å². The van der Waals surface area contributed by atoms with Crippen LogP contribution < -0.4 is 4.74 Å². The summed E-state index contributed by atoms with van der Waals surface area (Å²) < 4.78 is 8.02. The fraction of sp³-hybridized carbons (Fsp3) is 0.125. The van der Waals surface area contributed by atoms with Crippen LogP contribution in [0.4, 0.5) is 0 Å². The van der Waals surface area contributed by atoms with Gasteiger partial charge in [0.05, 0.1) is 5.52 Å². The molecule has 0 bridgehead atoms. The Morgan fingerprint density at radius 1 is 1.00 bits per heavy atom. The minimum atomic E-state index is 0.702. The topological polar surface area (TPSA) is 35.0 Å². The minimum absolute atomic E-state index is 0.702. The molecule has 2 aromatic heterocycles. The zero-order chi connectivity index (χ0) is 15.0. The standard InChI is InChI=1S/C16H12Br2N2O/c1-9-5-12(6-10(2)15(9)18)21-14-3-4-19-13-7-11(17)8-20-16(13)14/h3-8H,1-2H3. The number of pyridine rings is 2. The Morgan fingerprint density at radius 2 is 1.71 bits per heavy atom. The van der Waals surface area contributed by atoms with Crippen LogP contribution in [0.5, 0.6) is 11.5 Å². The van der Waals surface area contributed by atoms with E-state index in [0.717, 1.165) is 36.9 Å². The van der Waals surface area contributed by atoms with Crippen molar-refractivity contribution in [2.24, 2.45) is 0 Å². The van der Waals surface area contributed by atoms with Gasteiger partial charge >= 0.3 is 0 Å². The van der Waals surface area contributed by atoms with Crippen LogP contribution in [0.15, 0.2) is 45.6 Å². The molecule has 0 saturated heterocycles. The summed E-state index contributed by atoms with van der Waals surface area (Å²) in [4.78, 5) is 8.71. The fourth-order valence-corrected chi connectivity index (χ4v) is 2.70. The largest absolute Gasteiger partial charge is 0.455 e. The summed E-state index contributed by atoms with van der Waals surface area (Å²) in [5.74, 6) is 1.50. The highest BCUT2D eigenvalue weighted by Crippen LogP contribution is 2.32. The Balaban J connectivity index is 2.06. The molecule has 0 unspecified atom stereocenters. The van der Waals surface area contributed by atoms with Gasteiger partial charge in [0.2, 0.25) is 0 Å². The summed E-state index contributed by atoms with van der Waals surface area (Å²) >= 11 is 6.97. The molecule has 3 aromatic rings. The molecule has 3 rings (SSSR count). The van der Waals surface area contributed by atoms with Crippen molar-refractivity contribution in [2.75, 3.05) is 0 Å². The molecule has 3 nitrogen and oxygen atoms in total. The predicted molar refractivity (Wildman–Crippen MR) is 90.9 cm³/mol. The van der Waals surface area contributed by atoms with E-state index < -0.39 is 0 Å². The van der Waals surface area contributed by atoms with Crippen molar-refractivity contribution in [2.45, 2.75) is 13.8 Å². The SMILES string of the molecule is Cc1cc(Oc2ccnc3cc(Br)cnc23)cc(C)c1Br. The van der Waals surface area contributed by atoms with Crippen molar-refractivity contribution in [3.8, 4) is 11.5 Å². The van der Waals surface area contributed by atoms with Crippen molar-refractivity contribution >= 4 is 42.9 Å². The van der Waals surface area contributed by atoms with Crippen molar-refractivity contribution in [3.05, 3.63) is 56.7 Å². The first-order chi connectivity index (χ1) is 10.0. The van der Waals surface area contributed by atoms with Gasteiger partial charge in [-0.15, -0.1) is 0 Å². The molecule has 0 saturated carbocycles. The lowest BCUT2D eigenvalue weighted by molar-refractivity contribution is 0.485. The molecule has 0 amide bonds. The van der Waals surface area contributed by atoms with Crippen LogP contribution in [0, 0.1) is 13.8 Å². The maximum absolute atomic E-state index is 6.01. The van der Waals surface area contributed by atoms with Crippen molar-refractivity contribution in [1.29, 1.82) is 0 Å². The van der Waals surface area contributed by atoms with E-state index in [4.69, 9.17) is 4.74 Å². The van der Waals surface area contributed by atoms with E-state index in [9.17, 15) is 0 Å².